The molecular weight excluding hydrogens is 350 g/mol. The number of thioether (sulfide) groups is 1. The molecule has 134 valence electrons. The van der Waals surface area contributed by atoms with Crippen LogP contribution in [0.25, 0.3) is 10.4 Å². The third-order valence-electron chi connectivity index (χ3n) is 4.38. The van der Waals surface area contributed by atoms with E-state index in [2.05, 4.69) is 89.7 Å². The second-order valence-electron chi connectivity index (χ2n) is 6.11. The Labute approximate surface area is 164 Å². The maximum atomic E-state index is 8.57. The average molecular weight is 372 g/mol. The summed E-state index contributed by atoms with van der Waals surface area (Å²) >= 11 is 1.78. The minimum atomic E-state index is -0.388. The van der Waals surface area contributed by atoms with E-state index in [0.29, 0.717) is 6.54 Å². The molecule has 3 aromatic rings. The first-order chi connectivity index (χ1) is 13.3. The van der Waals surface area contributed by atoms with E-state index >= 15 is 0 Å². The molecule has 0 aliphatic heterocycles. The molecule has 3 nitrogen and oxygen atoms in total. The van der Waals surface area contributed by atoms with Crippen molar-refractivity contribution in [1.29, 1.82) is 0 Å². The van der Waals surface area contributed by atoms with Gasteiger partial charge in [-0.25, -0.2) is 0 Å². The molecule has 3 rings (SSSR count). The molecule has 0 spiro atoms. The lowest BCUT2D eigenvalue weighted by atomic mass is 9.84. The van der Waals surface area contributed by atoms with Gasteiger partial charge < -0.3 is 0 Å². The van der Waals surface area contributed by atoms with Crippen LogP contribution in [0.2, 0.25) is 0 Å². The predicted octanol–water partition coefficient (Wildman–Crippen LogP) is 6.93. The van der Waals surface area contributed by atoms with Gasteiger partial charge in [-0.05, 0) is 34.1 Å². The Hall–Kier alpha value is -2.94. The van der Waals surface area contributed by atoms with Crippen LogP contribution >= 0.6 is 11.8 Å². The Kier molecular flexibility index (Phi) is 6.37. The van der Waals surface area contributed by atoms with Crippen LogP contribution in [0.5, 0.6) is 0 Å². The third kappa shape index (κ3) is 4.25. The van der Waals surface area contributed by atoms with Gasteiger partial charge in [-0.3, -0.25) is 0 Å². The number of benzene rings is 3. The first kappa shape index (κ1) is 18.8. The fourth-order valence-electron chi connectivity index (χ4n) is 3.18. The monoisotopic (exact) mass is 371 g/mol. The van der Waals surface area contributed by atoms with Gasteiger partial charge in [-0.1, -0.05) is 102 Å². The molecule has 0 bridgehead atoms. The Bertz CT molecular complexity index is 834. The van der Waals surface area contributed by atoms with Gasteiger partial charge >= 0.3 is 0 Å². The van der Waals surface area contributed by atoms with Gasteiger partial charge in [0.2, 0.25) is 0 Å². The molecule has 27 heavy (non-hydrogen) atoms. The van der Waals surface area contributed by atoms with Gasteiger partial charge in [0, 0.05) is 11.5 Å². The zero-order valence-electron chi connectivity index (χ0n) is 15.2. The summed E-state index contributed by atoms with van der Waals surface area (Å²) in [5, 5.41) is 3.65. The van der Waals surface area contributed by atoms with Crippen LogP contribution in [0, 0.1) is 0 Å². The molecule has 0 aliphatic rings. The molecule has 0 aliphatic carbocycles. The van der Waals surface area contributed by atoms with Crippen LogP contribution in [0.1, 0.15) is 23.6 Å². The van der Waals surface area contributed by atoms with Crippen molar-refractivity contribution in [3.63, 3.8) is 0 Å². The van der Waals surface area contributed by atoms with Crippen LogP contribution in [0.3, 0.4) is 0 Å². The minimum Gasteiger partial charge on any atom is -0.110 e. The summed E-state index contributed by atoms with van der Waals surface area (Å²) in [6, 6.07) is 31.6. The second kappa shape index (κ2) is 9.13. The smallest absolute Gasteiger partial charge is 0.0950 e. The average Bonchev–Trinajstić information content (AvgIpc) is 2.74. The molecule has 0 amide bonds. The highest BCUT2D eigenvalue weighted by Crippen LogP contribution is 2.51. The summed E-state index contributed by atoms with van der Waals surface area (Å²) in [5.74, 6) is 0. The zero-order valence-corrected chi connectivity index (χ0v) is 16.0. The molecule has 0 N–H and O–H groups in total. The summed E-state index contributed by atoms with van der Waals surface area (Å²) < 4.78 is -0.388. The fourth-order valence-corrected chi connectivity index (χ4v) is 4.59. The number of nitrogens with zero attached hydrogens (tertiary/aromatic N) is 3. The van der Waals surface area contributed by atoms with Gasteiger partial charge in [-0.2, -0.15) is 0 Å². The van der Waals surface area contributed by atoms with E-state index in [9.17, 15) is 0 Å². The normalized spacial score (nSPS) is 11.7. The van der Waals surface area contributed by atoms with Crippen molar-refractivity contribution in [1.82, 2.24) is 0 Å². The highest BCUT2D eigenvalue weighted by Gasteiger charge is 2.37. The van der Waals surface area contributed by atoms with Crippen molar-refractivity contribution >= 4 is 11.8 Å². The Morgan fingerprint density at radius 3 is 1.63 bits per heavy atom. The molecule has 0 heterocycles. The lowest BCUT2D eigenvalue weighted by Gasteiger charge is -2.35. The number of azide groups is 1. The number of allylic oxidation sites excluding steroid dienone is 1. The van der Waals surface area contributed by atoms with Crippen LogP contribution < -0.4 is 0 Å². The number of hydrogen-bond donors (Lipinski definition) is 0. The third-order valence-corrected chi connectivity index (χ3v) is 5.88. The Morgan fingerprint density at radius 2 is 1.26 bits per heavy atom. The van der Waals surface area contributed by atoms with Crippen molar-refractivity contribution in [2.75, 3.05) is 6.54 Å². The van der Waals surface area contributed by atoms with Gasteiger partial charge in [0.05, 0.1) is 4.75 Å². The standard InChI is InChI=1S/C23H21N3S/c1-19(17-18-25-26-24)27-23(20-11-5-2-6-12-20,21-13-7-3-8-14-21)22-15-9-4-10-16-22/h2-17H,18H2,1H3/b19-17-. The summed E-state index contributed by atoms with van der Waals surface area (Å²) in [4.78, 5) is 3.96. The molecule has 4 heteroatoms. The molecule has 0 saturated heterocycles. The van der Waals surface area contributed by atoms with Crippen molar-refractivity contribution in [3.8, 4) is 0 Å². The van der Waals surface area contributed by atoms with E-state index in [1.165, 1.54) is 16.7 Å². The van der Waals surface area contributed by atoms with Crippen LogP contribution in [0.15, 0.2) is 107 Å². The van der Waals surface area contributed by atoms with E-state index in [4.69, 9.17) is 5.53 Å². The van der Waals surface area contributed by atoms with Gasteiger partial charge in [0.25, 0.3) is 0 Å². The second-order valence-corrected chi connectivity index (χ2v) is 7.57. The lowest BCUT2D eigenvalue weighted by Crippen LogP contribution is -2.25. The maximum absolute atomic E-state index is 8.57. The van der Waals surface area contributed by atoms with Crippen molar-refractivity contribution in [2.24, 2.45) is 5.11 Å². The summed E-state index contributed by atoms with van der Waals surface area (Å²) in [6.45, 7) is 2.42. The molecule has 3 aromatic carbocycles. The number of rotatable bonds is 7. The summed E-state index contributed by atoms with van der Waals surface area (Å²) in [6.07, 6.45) is 1.98. The van der Waals surface area contributed by atoms with E-state index in [-0.39, 0.29) is 4.75 Å². The first-order valence-corrected chi connectivity index (χ1v) is 9.62. The quantitative estimate of drug-likeness (QED) is 0.192. The highest BCUT2D eigenvalue weighted by molar-refractivity contribution is 8.04. The summed E-state index contributed by atoms with van der Waals surface area (Å²) in [5.41, 5.74) is 12.2. The van der Waals surface area contributed by atoms with Gasteiger partial charge in [-0.15, -0.1) is 11.8 Å². The van der Waals surface area contributed by atoms with Gasteiger partial charge in [0.15, 0.2) is 0 Å². The lowest BCUT2D eigenvalue weighted by molar-refractivity contribution is 0.898. The largest absolute Gasteiger partial charge is 0.110 e. The van der Waals surface area contributed by atoms with Gasteiger partial charge in [0.1, 0.15) is 0 Å². The minimum absolute atomic E-state index is 0.351. The first-order valence-electron chi connectivity index (χ1n) is 8.80. The maximum Gasteiger partial charge on any atom is 0.0950 e. The fraction of sp³-hybridized carbons (Fsp3) is 0.130. The molecule has 0 radical (unpaired) electrons. The zero-order chi connectivity index (χ0) is 19.0. The molecule has 0 fully saturated rings. The van der Waals surface area contributed by atoms with Crippen molar-refractivity contribution in [2.45, 2.75) is 11.7 Å². The summed E-state index contributed by atoms with van der Waals surface area (Å²) in [7, 11) is 0. The topological polar surface area (TPSA) is 48.8 Å². The Morgan fingerprint density at radius 1 is 0.852 bits per heavy atom. The SMILES string of the molecule is C/C(=C/CN=[N+]=[N-])SC(c1ccccc1)(c1ccccc1)c1ccccc1. The van der Waals surface area contributed by atoms with Crippen molar-refractivity contribution in [3.05, 3.63) is 129 Å². The highest BCUT2D eigenvalue weighted by atomic mass is 32.2. The molecule has 0 atom stereocenters. The predicted molar refractivity (Wildman–Crippen MR) is 115 cm³/mol. The van der Waals surface area contributed by atoms with E-state index in [1.807, 2.05) is 24.3 Å². The molecule has 0 unspecified atom stereocenters. The van der Waals surface area contributed by atoms with Crippen LogP contribution in [-0.2, 0) is 4.75 Å². The van der Waals surface area contributed by atoms with Crippen molar-refractivity contribution < 1.29 is 0 Å². The van der Waals surface area contributed by atoms with E-state index < -0.39 is 0 Å². The van der Waals surface area contributed by atoms with E-state index in [1.54, 1.807) is 11.8 Å². The van der Waals surface area contributed by atoms with E-state index in [0.717, 1.165) is 4.91 Å². The van der Waals surface area contributed by atoms with Crippen LogP contribution in [-0.4, -0.2) is 6.54 Å². The van der Waals surface area contributed by atoms with Crippen LogP contribution in [0.4, 0.5) is 0 Å². The Balaban J connectivity index is 2.23. The molecule has 0 aromatic heterocycles. The number of hydrogen-bond acceptors (Lipinski definition) is 2. The molecular formula is C23H21N3S. The molecule has 0 saturated carbocycles.